The number of hydrogen-bond donors (Lipinski definition) is 1. The van der Waals surface area contributed by atoms with Crippen molar-refractivity contribution in [3.05, 3.63) is 100 Å². The molecule has 2 amide bonds. The summed E-state index contributed by atoms with van der Waals surface area (Å²) in [6.07, 6.45) is -3.93. The molecule has 43 heavy (non-hydrogen) atoms. The average molecular weight is 638 g/mol. The van der Waals surface area contributed by atoms with Gasteiger partial charge in [0.15, 0.2) is 0 Å². The fourth-order valence-electron chi connectivity index (χ4n) is 4.37. The quantitative estimate of drug-likeness (QED) is 0.270. The maximum Gasteiger partial charge on any atom is 0.417 e. The summed E-state index contributed by atoms with van der Waals surface area (Å²) in [4.78, 5) is 29.0. The first-order valence-electron chi connectivity index (χ1n) is 13.6. The molecule has 0 radical (unpaired) electrons. The third-order valence-electron chi connectivity index (χ3n) is 6.65. The number of carbonyl (C=O) groups excluding carboxylic acids is 2. The lowest BCUT2D eigenvalue weighted by atomic mass is 10.0. The molecular weight excluding hydrogens is 603 g/mol. The molecular formula is C31H35ClF3N3O4S. The smallest absolute Gasteiger partial charge is 0.354 e. The van der Waals surface area contributed by atoms with Gasteiger partial charge in [-0.3, -0.25) is 13.9 Å². The number of amides is 2. The first-order valence-corrected chi connectivity index (χ1v) is 15.8. The van der Waals surface area contributed by atoms with Gasteiger partial charge in [0.05, 0.1) is 22.5 Å². The molecule has 3 aromatic rings. The van der Waals surface area contributed by atoms with Crippen LogP contribution in [-0.4, -0.2) is 50.5 Å². The van der Waals surface area contributed by atoms with Crippen LogP contribution < -0.4 is 9.62 Å². The summed E-state index contributed by atoms with van der Waals surface area (Å²) in [5.74, 6) is -1.08. The predicted octanol–water partition coefficient (Wildman–Crippen LogP) is 5.85. The van der Waals surface area contributed by atoms with Crippen LogP contribution in [0.1, 0.15) is 36.1 Å². The Morgan fingerprint density at radius 1 is 0.953 bits per heavy atom. The molecule has 0 spiro atoms. The third kappa shape index (κ3) is 9.72. The van der Waals surface area contributed by atoms with Gasteiger partial charge in [-0.25, -0.2) is 8.42 Å². The van der Waals surface area contributed by atoms with Crippen molar-refractivity contribution in [2.45, 2.75) is 46.0 Å². The van der Waals surface area contributed by atoms with Crippen molar-refractivity contribution in [3.63, 3.8) is 0 Å². The summed E-state index contributed by atoms with van der Waals surface area (Å²) >= 11 is 5.76. The van der Waals surface area contributed by atoms with Gasteiger partial charge < -0.3 is 10.2 Å². The predicted molar refractivity (Wildman–Crippen MR) is 162 cm³/mol. The molecule has 0 unspecified atom stereocenters. The highest BCUT2D eigenvalue weighted by Crippen LogP contribution is 2.37. The van der Waals surface area contributed by atoms with Gasteiger partial charge in [0, 0.05) is 19.5 Å². The Morgan fingerprint density at radius 3 is 2.14 bits per heavy atom. The number of hydrogen-bond acceptors (Lipinski definition) is 4. The highest BCUT2D eigenvalue weighted by atomic mass is 35.5. The lowest BCUT2D eigenvalue weighted by Gasteiger charge is -2.33. The number of halogens is 4. The van der Waals surface area contributed by atoms with Gasteiger partial charge in [-0.15, -0.1) is 0 Å². The SMILES string of the molecule is Cc1ccc(CN(C(=O)CN(c2ccc(Cl)c(C(F)(F)F)c2)S(C)(=O)=O)[C@H](Cc2ccccc2)C(=O)NCC(C)C)cc1. The molecule has 0 saturated carbocycles. The van der Waals surface area contributed by atoms with E-state index < -0.39 is 51.2 Å². The van der Waals surface area contributed by atoms with E-state index in [2.05, 4.69) is 5.32 Å². The number of anilines is 1. The highest BCUT2D eigenvalue weighted by Gasteiger charge is 2.36. The van der Waals surface area contributed by atoms with Crippen LogP contribution in [0.3, 0.4) is 0 Å². The van der Waals surface area contributed by atoms with Gasteiger partial charge in [-0.1, -0.05) is 85.6 Å². The van der Waals surface area contributed by atoms with Crippen LogP contribution in [0, 0.1) is 12.8 Å². The number of alkyl halides is 3. The number of aryl methyl sites for hydroxylation is 1. The molecule has 0 bridgehead atoms. The zero-order chi connectivity index (χ0) is 31.9. The van der Waals surface area contributed by atoms with Gasteiger partial charge in [0.25, 0.3) is 0 Å². The lowest BCUT2D eigenvalue weighted by molar-refractivity contribution is -0.140. The van der Waals surface area contributed by atoms with E-state index in [-0.39, 0.29) is 24.6 Å². The van der Waals surface area contributed by atoms with Gasteiger partial charge in [0.2, 0.25) is 21.8 Å². The van der Waals surface area contributed by atoms with Crippen molar-refractivity contribution in [3.8, 4) is 0 Å². The number of nitrogens with zero attached hydrogens (tertiary/aromatic N) is 2. The number of benzene rings is 3. The molecule has 0 fully saturated rings. The Bertz CT molecular complexity index is 1520. The molecule has 1 N–H and O–H groups in total. The van der Waals surface area contributed by atoms with Crippen LogP contribution in [0.4, 0.5) is 18.9 Å². The zero-order valence-electron chi connectivity index (χ0n) is 24.4. The number of rotatable bonds is 12. The van der Waals surface area contributed by atoms with E-state index in [1.54, 1.807) is 24.3 Å². The summed E-state index contributed by atoms with van der Waals surface area (Å²) in [6.45, 7) is 5.21. The van der Waals surface area contributed by atoms with Gasteiger partial charge >= 0.3 is 6.18 Å². The zero-order valence-corrected chi connectivity index (χ0v) is 25.9. The minimum Gasteiger partial charge on any atom is -0.354 e. The Balaban J connectivity index is 2.09. The fraction of sp³-hybridized carbons (Fsp3) is 0.355. The first kappa shape index (κ1) is 33.9. The molecule has 3 rings (SSSR count). The van der Waals surface area contributed by atoms with Crippen molar-refractivity contribution in [2.24, 2.45) is 5.92 Å². The topological polar surface area (TPSA) is 86.8 Å². The molecule has 7 nitrogen and oxygen atoms in total. The maximum atomic E-state index is 14.1. The normalized spacial score (nSPS) is 12.6. The van der Waals surface area contributed by atoms with E-state index in [4.69, 9.17) is 11.6 Å². The number of nitrogens with one attached hydrogen (secondary N) is 1. The van der Waals surface area contributed by atoms with E-state index in [0.29, 0.717) is 22.5 Å². The van der Waals surface area contributed by atoms with Gasteiger partial charge in [-0.05, 0) is 42.2 Å². The largest absolute Gasteiger partial charge is 0.417 e. The molecule has 0 heterocycles. The molecule has 0 aromatic heterocycles. The van der Waals surface area contributed by atoms with Gasteiger partial charge in [0.1, 0.15) is 12.6 Å². The Hall–Kier alpha value is -3.57. The molecule has 0 aliphatic heterocycles. The summed E-state index contributed by atoms with van der Waals surface area (Å²) in [5.41, 5.74) is 0.807. The van der Waals surface area contributed by atoms with Crippen LogP contribution in [0.2, 0.25) is 5.02 Å². The van der Waals surface area contributed by atoms with Crippen LogP contribution in [0.5, 0.6) is 0 Å². The van der Waals surface area contributed by atoms with Crippen molar-refractivity contribution in [1.82, 2.24) is 10.2 Å². The van der Waals surface area contributed by atoms with Crippen molar-refractivity contribution >= 4 is 39.1 Å². The Morgan fingerprint density at radius 2 is 1.58 bits per heavy atom. The number of carbonyl (C=O) groups is 2. The average Bonchev–Trinajstić information content (AvgIpc) is 2.93. The molecule has 3 aromatic carbocycles. The first-order chi connectivity index (χ1) is 20.1. The lowest BCUT2D eigenvalue weighted by Crippen LogP contribution is -2.53. The number of sulfonamides is 1. The minimum atomic E-state index is -4.85. The highest BCUT2D eigenvalue weighted by molar-refractivity contribution is 7.92. The molecule has 0 saturated heterocycles. The Labute approximate surface area is 255 Å². The summed E-state index contributed by atoms with van der Waals surface area (Å²) in [6, 6.07) is 17.9. The maximum absolute atomic E-state index is 14.1. The molecule has 12 heteroatoms. The van der Waals surface area contributed by atoms with Crippen LogP contribution in [0.15, 0.2) is 72.8 Å². The van der Waals surface area contributed by atoms with Crippen molar-refractivity contribution < 1.29 is 31.2 Å². The van der Waals surface area contributed by atoms with E-state index in [1.807, 2.05) is 51.1 Å². The summed E-state index contributed by atoms with van der Waals surface area (Å²) < 4.78 is 67.2. The second kappa shape index (κ2) is 14.3. The van der Waals surface area contributed by atoms with Crippen LogP contribution in [0.25, 0.3) is 0 Å². The van der Waals surface area contributed by atoms with Crippen molar-refractivity contribution in [1.29, 1.82) is 0 Å². The third-order valence-corrected chi connectivity index (χ3v) is 8.12. The minimum absolute atomic E-state index is 0.0439. The second-order valence-electron chi connectivity index (χ2n) is 10.8. The summed E-state index contributed by atoms with van der Waals surface area (Å²) in [5, 5.41) is 2.26. The van der Waals surface area contributed by atoms with Crippen LogP contribution >= 0.6 is 11.6 Å². The molecule has 0 aliphatic rings. The van der Waals surface area contributed by atoms with Crippen LogP contribution in [-0.2, 0) is 38.8 Å². The van der Waals surface area contributed by atoms with Gasteiger partial charge in [-0.2, -0.15) is 13.2 Å². The van der Waals surface area contributed by atoms with E-state index in [0.717, 1.165) is 29.5 Å². The monoisotopic (exact) mass is 637 g/mol. The standard InChI is InChI=1S/C31H35ClF3N3O4S/c1-21(2)18-36-30(40)28(16-23-8-6-5-7-9-23)37(19-24-12-10-22(3)11-13-24)29(39)20-38(43(4,41)42)25-14-15-27(32)26(17-25)31(33,34)35/h5-15,17,21,28H,16,18-20H2,1-4H3,(H,36,40)/t28-/m1/s1. The molecule has 1 atom stereocenters. The molecule has 0 aliphatic carbocycles. The van der Waals surface area contributed by atoms with Crippen molar-refractivity contribution in [2.75, 3.05) is 23.7 Å². The second-order valence-corrected chi connectivity index (χ2v) is 13.1. The van der Waals surface area contributed by atoms with E-state index in [9.17, 15) is 31.2 Å². The summed E-state index contributed by atoms with van der Waals surface area (Å²) in [7, 11) is -4.25. The van der Waals surface area contributed by atoms with E-state index >= 15 is 0 Å². The Kier molecular flexibility index (Phi) is 11.3. The fourth-order valence-corrected chi connectivity index (χ4v) is 5.43. The molecule has 232 valence electrons. The van der Waals surface area contributed by atoms with E-state index in [1.165, 1.54) is 4.90 Å².